The van der Waals surface area contributed by atoms with Crippen LogP contribution in [0, 0.1) is 0 Å². The molecule has 2 heterocycles. The van der Waals surface area contributed by atoms with Gasteiger partial charge in [-0.3, -0.25) is 0 Å². The van der Waals surface area contributed by atoms with Gasteiger partial charge in [0.1, 0.15) is 17.0 Å². The average Bonchev–Trinajstić information content (AvgIpc) is 2.95. The first-order chi connectivity index (χ1) is 9.92. The van der Waals surface area contributed by atoms with Crippen LogP contribution in [0.25, 0.3) is 10.2 Å². The summed E-state index contributed by atoms with van der Waals surface area (Å²) in [5.41, 5.74) is 0. The molecule has 0 aliphatic carbocycles. The van der Waals surface area contributed by atoms with Crippen molar-refractivity contribution >= 4 is 27.4 Å². The van der Waals surface area contributed by atoms with Gasteiger partial charge in [0.2, 0.25) is 0 Å². The first kappa shape index (κ1) is 15.2. The number of hydrogen-bond donors (Lipinski definition) is 1. The van der Waals surface area contributed by atoms with E-state index in [1.54, 1.807) is 17.7 Å². The van der Waals surface area contributed by atoms with E-state index in [-0.39, 0.29) is 0 Å². The third kappa shape index (κ3) is 4.75. The molecule has 2 aromatic heterocycles. The molecular formula is C16H25N3S. The number of nitrogens with zero attached hydrogens (tertiary/aromatic N) is 2. The molecule has 0 spiro atoms. The van der Waals surface area contributed by atoms with E-state index < -0.39 is 0 Å². The Morgan fingerprint density at radius 3 is 2.55 bits per heavy atom. The van der Waals surface area contributed by atoms with E-state index in [0.29, 0.717) is 0 Å². The topological polar surface area (TPSA) is 37.8 Å². The molecule has 4 heteroatoms. The monoisotopic (exact) mass is 291 g/mol. The fourth-order valence-electron chi connectivity index (χ4n) is 2.40. The van der Waals surface area contributed by atoms with E-state index in [1.165, 1.54) is 51.4 Å². The van der Waals surface area contributed by atoms with E-state index in [2.05, 4.69) is 33.7 Å². The normalized spacial score (nSPS) is 11.1. The zero-order chi connectivity index (χ0) is 14.0. The van der Waals surface area contributed by atoms with Crippen LogP contribution in [-0.4, -0.2) is 16.5 Å². The molecule has 0 saturated carbocycles. The molecule has 110 valence electrons. The predicted molar refractivity (Wildman–Crippen MR) is 88.5 cm³/mol. The predicted octanol–water partition coefficient (Wildman–Crippen LogP) is 5.24. The van der Waals surface area contributed by atoms with Crippen LogP contribution in [0.4, 0.5) is 5.82 Å². The Kier molecular flexibility index (Phi) is 6.78. The van der Waals surface area contributed by atoms with Gasteiger partial charge in [0.15, 0.2) is 0 Å². The number of anilines is 1. The minimum Gasteiger partial charge on any atom is -0.369 e. The molecule has 0 saturated heterocycles. The molecule has 0 radical (unpaired) electrons. The second-order valence-electron chi connectivity index (χ2n) is 5.26. The number of unbranched alkanes of at least 4 members (excludes halogenated alkanes) is 7. The summed E-state index contributed by atoms with van der Waals surface area (Å²) in [6.45, 7) is 3.28. The van der Waals surface area contributed by atoms with Crippen LogP contribution in [0.15, 0.2) is 17.8 Å². The Labute approximate surface area is 125 Å². The Morgan fingerprint density at radius 2 is 1.75 bits per heavy atom. The van der Waals surface area contributed by atoms with Crippen molar-refractivity contribution in [3.63, 3.8) is 0 Å². The zero-order valence-corrected chi connectivity index (χ0v) is 13.2. The summed E-state index contributed by atoms with van der Waals surface area (Å²) in [5.74, 6) is 0.985. The molecule has 20 heavy (non-hydrogen) atoms. The van der Waals surface area contributed by atoms with Crippen molar-refractivity contribution in [2.24, 2.45) is 0 Å². The molecule has 1 N–H and O–H groups in total. The van der Waals surface area contributed by atoms with Crippen LogP contribution < -0.4 is 5.32 Å². The van der Waals surface area contributed by atoms with Gasteiger partial charge in [-0.05, 0) is 17.9 Å². The van der Waals surface area contributed by atoms with Crippen molar-refractivity contribution < 1.29 is 0 Å². The molecule has 0 bridgehead atoms. The molecule has 3 nitrogen and oxygen atoms in total. The minimum absolute atomic E-state index is 0.985. The van der Waals surface area contributed by atoms with Crippen molar-refractivity contribution in [2.45, 2.75) is 58.3 Å². The van der Waals surface area contributed by atoms with Gasteiger partial charge in [0.05, 0.1) is 5.39 Å². The van der Waals surface area contributed by atoms with Gasteiger partial charge < -0.3 is 5.32 Å². The maximum atomic E-state index is 4.33. The van der Waals surface area contributed by atoms with E-state index >= 15 is 0 Å². The number of aromatic nitrogens is 2. The van der Waals surface area contributed by atoms with Gasteiger partial charge in [0, 0.05) is 6.54 Å². The molecule has 2 rings (SSSR count). The second-order valence-corrected chi connectivity index (χ2v) is 6.16. The van der Waals surface area contributed by atoms with Crippen molar-refractivity contribution in [3.05, 3.63) is 17.8 Å². The summed E-state index contributed by atoms with van der Waals surface area (Å²) in [6.07, 6.45) is 12.5. The van der Waals surface area contributed by atoms with Crippen molar-refractivity contribution in [2.75, 3.05) is 11.9 Å². The van der Waals surface area contributed by atoms with Crippen LogP contribution in [0.3, 0.4) is 0 Å². The fraction of sp³-hybridized carbons (Fsp3) is 0.625. The smallest absolute Gasteiger partial charge is 0.138 e. The standard InChI is InChI=1S/C16H25N3S/c1-2-3-4-5-6-7-8-9-11-17-15-14-10-12-20-16(14)19-13-18-15/h10,12-13H,2-9,11H2,1H3,(H,17,18,19). The molecule has 0 fully saturated rings. The van der Waals surface area contributed by atoms with Gasteiger partial charge in [-0.1, -0.05) is 51.9 Å². The fourth-order valence-corrected chi connectivity index (χ4v) is 3.13. The minimum atomic E-state index is 0.985. The van der Waals surface area contributed by atoms with Crippen LogP contribution >= 0.6 is 11.3 Å². The molecule has 2 aromatic rings. The lowest BCUT2D eigenvalue weighted by Crippen LogP contribution is -2.03. The zero-order valence-electron chi connectivity index (χ0n) is 12.4. The Balaban J connectivity index is 1.58. The molecule has 0 amide bonds. The maximum Gasteiger partial charge on any atom is 0.138 e. The number of hydrogen-bond acceptors (Lipinski definition) is 4. The molecular weight excluding hydrogens is 266 g/mol. The lowest BCUT2D eigenvalue weighted by atomic mass is 10.1. The quantitative estimate of drug-likeness (QED) is 0.608. The molecule has 0 aliphatic rings. The third-order valence-electron chi connectivity index (χ3n) is 3.58. The van der Waals surface area contributed by atoms with Crippen LogP contribution in [0.5, 0.6) is 0 Å². The van der Waals surface area contributed by atoms with E-state index in [1.807, 2.05) is 0 Å². The summed E-state index contributed by atoms with van der Waals surface area (Å²) in [6, 6.07) is 2.09. The summed E-state index contributed by atoms with van der Waals surface area (Å²) >= 11 is 1.67. The lowest BCUT2D eigenvalue weighted by molar-refractivity contribution is 0.581. The van der Waals surface area contributed by atoms with Crippen LogP contribution in [-0.2, 0) is 0 Å². The molecule has 0 unspecified atom stereocenters. The number of rotatable bonds is 10. The molecule has 0 aliphatic heterocycles. The average molecular weight is 291 g/mol. The van der Waals surface area contributed by atoms with Crippen LogP contribution in [0.2, 0.25) is 0 Å². The Hall–Kier alpha value is -1.16. The highest BCUT2D eigenvalue weighted by molar-refractivity contribution is 7.16. The third-order valence-corrected chi connectivity index (χ3v) is 4.41. The first-order valence-corrected chi connectivity index (χ1v) is 8.72. The summed E-state index contributed by atoms with van der Waals surface area (Å²) in [7, 11) is 0. The van der Waals surface area contributed by atoms with Gasteiger partial charge in [0.25, 0.3) is 0 Å². The summed E-state index contributed by atoms with van der Waals surface area (Å²) in [4.78, 5) is 9.66. The Bertz CT molecular complexity index is 495. The highest BCUT2D eigenvalue weighted by Gasteiger charge is 2.03. The van der Waals surface area contributed by atoms with Crippen molar-refractivity contribution in [1.82, 2.24) is 9.97 Å². The molecule has 0 atom stereocenters. The number of nitrogens with one attached hydrogen (secondary N) is 1. The highest BCUT2D eigenvalue weighted by atomic mass is 32.1. The highest BCUT2D eigenvalue weighted by Crippen LogP contribution is 2.23. The van der Waals surface area contributed by atoms with Crippen molar-refractivity contribution in [3.8, 4) is 0 Å². The first-order valence-electron chi connectivity index (χ1n) is 7.84. The summed E-state index contributed by atoms with van der Waals surface area (Å²) in [5, 5.41) is 6.66. The largest absolute Gasteiger partial charge is 0.369 e. The van der Waals surface area contributed by atoms with Crippen molar-refractivity contribution in [1.29, 1.82) is 0 Å². The summed E-state index contributed by atoms with van der Waals surface area (Å²) < 4.78 is 0. The van der Waals surface area contributed by atoms with E-state index in [0.717, 1.165) is 22.6 Å². The van der Waals surface area contributed by atoms with Gasteiger partial charge in [-0.2, -0.15) is 0 Å². The van der Waals surface area contributed by atoms with Crippen LogP contribution in [0.1, 0.15) is 58.3 Å². The van der Waals surface area contributed by atoms with E-state index in [4.69, 9.17) is 0 Å². The van der Waals surface area contributed by atoms with Gasteiger partial charge in [-0.25, -0.2) is 9.97 Å². The lowest BCUT2D eigenvalue weighted by Gasteiger charge is -2.06. The van der Waals surface area contributed by atoms with Gasteiger partial charge >= 0.3 is 0 Å². The molecule has 0 aromatic carbocycles. The number of thiophene rings is 1. The number of fused-ring (bicyclic) bond motifs is 1. The SMILES string of the molecule is CCCCCCCCCCNc1ncnc2sccc12. The van der Waals surface area contributed by atoms with Gasteiger partial charge in [-0.15, -0.1) is 11.3 Å². The second kappa shape index (κ2) is 8.90. The maximum absolute atomic E-state index is 4.33. The Morgan fingerprint density at radius 1 is 1.00 bits per heavy atom. The van der Waals surface area contributed by atoms with E-state index in [9.17, 15) is 0 Å².